The molecule has 0 aliphatic carbocycles. The first-order valence-electron chi connectivity index (χ1n) is 10.5. The van der Waals surface area contributed by atoms with Crippen molar-refractivity contribution in [2.45, 2.75) is 38.8 Å². The van der Waals surface area contributed by atoms with Gasteiger partial charge in [-0.15, -0.1) is 0 Å². The molecule has 0 amide bonds. The zero-order chi connectivity index (χ0) is 22.7. The molecule has 4 heterocycles. The Morgan fingerprint density at radius 2 is 2.00 bits per heavy atom. The summed E-state index contributed by atoms with van der Waals surface area (Å²) in [6.45, 7) is 3.81. The normalized spacial score (nSPS) is 19.5. The number of imidazole rings is 1. The van der Waals surface area contributed by atoms with Gasteiger partial charge >= 0.3 is 5.97 Å². The number of fused-ring (bicyclic) bond motifs is 1. The van der Waals surface area contributed by atoms with Crippen molar-refractivity contribution in [2.24, 2.45) is 5.41 Å². The van der Waals surface area contributed by atoms with Crippen molar-refractivity contribution in [3.63, 3.8) is 0 Å². The third-order valence-electron chi connectivity index (χ3n) is 6.16. The number of nitrogens with two attached hydrogens (primary N) is 1. The van der Waals surface area contributed by atoms with Crippen LogP contribution in [0.25, 0.3) is 11.0 Å². The van der Waals surface area contributed by atoms with Crippen molar-refractivity contribution in [1.29, 1.82) is 0 Å². The second kappa shape index (κ2) is 8.81. The highest BCUT2D eigenvalue weighted by atomic mass is 16.6. The number of aromatic nitrogens is 4. The predicted molar refractivity (Wildman–Crippen MR) is 118 cm³/mol. The molecule has 3 N–H and O–H groups in total. The van der Waals surface area contributed by atoms with Crippen LogP contribution in [-0.4, -0.2) is 56.3 Å². The molecule has 1 spiro atoms. The van der Waals surface area contributed by atoms with Crippen molar-refractivity contribution >= 4 is 35.2 Å². The second-order valence-electron chi connectivity index (χ2n) is 8.22. The van der Waals surface area contributed by atoms with E-state index in [1.807, 2.05) is 43.6 Å². The molecule has 0 radical (unpaired) electrons. The number of ether oxygens (including phenoxy) is 1. The lowest BCUT2D eigenvalue weighted by atomic mass is 9.76. The van der Waals surface area contributed by atoms with Crippen LogP contribution >= 0.6 is 0 Å². The molecular weight excluding hydrogens is 412 g/mol. The van der Waals surface area contributed by atoms with Gasteiger partial charge in [0.05, 0.1) is 29.3 Å². The summed E-state index contributed by atoms with van der Waals surface area (Å²) in [5, 5.41) is 6.89. The van der Waals surface area contributed by atoms with Crippen LogP contribution in [0.2, 0.25) is 0 Å². The molecule has 3 aromatic rings. The Labute approximate surface area is 185 Å². The highest BCUT2D eigenvalue weighted by Crippen LogP contribution is 2.44. The predicted octanol–water partition coefficient (Wildman–Crippen LogP) is 2.02. The van der Waals surface area contributed by atoms with E-state index in [0.29, 0.717) is 6.54 Å². The number of piperidine rings is 1. The van der Waals surface area contributed by atoms with Crippen molar-refractivity contribution in [2.75, 3.05) is 23.7 Å². The Balaban J connectivity index is 0.000000775. The van der Waals surface area contributed by atoms with E-state index in [-0.39, 0.29) is 24.5 Å². The van der Waals surface area contributed by atoms with E-state index in [0.717, 1.165) is 54.9 Å². The van der Waals surface area contributed by atoms with Gasteiger partial charge in [-0.3, -0.25) is 9.59 Å². The summed E-state index contributed by atoms with van der Waals surface area (Å²) in [5.41, 5.74) is 8.27. The molecule has 168 valence electrons. The number of hydrogen-bond donors (Lipinski definition) is 2. The van der Waals surface area contributed by atoms with Gasteiger partial charge in [-0.05, 0) is 31.9 Å². The van der Waals surface area contributed by atoms with E-state index in [4.69, 9.17) is 20.4 Å². The Bertz CT molecular complexity index is 1100. The Kier molecular flexibility index (Phi) is 5.93. The minimum atomic E-state index is -0.398. The van der Waals surface area contributed by atoms with Gasteiger partial charge in [0.15, 0.2) is 0 Å². The van der Waals surface area contributed by atoms with E-state index in [2.05, 4.69) is 24.4 Å². The van der Waals surface area contributed by atoms with Crippen LogP contribution in [0.15, 0.2) is 36.7 Å². The molecule has 1 aromatic carbocycles. The highest BCUT2D eigenvalue weighted by Gasteiger charge is 2.50. The number of nitrogens with zero attached hydrogens (tertiary/aromatic N) is 5. The first kappa shape index (κ1) is 21.5. The van der Waals surface area contributed by atoms with Crippen LogP contribution < -0.4 is 10.6 Å². The number of carboxylic acid groups (broad SMARTS) is 1. The van der Waals surface area contributed by atoms with Gasteiger partial charge in [-0.1, -0.05) is 12.1 Å². The summed E-state index contributed by atoms with van der Waals surface area (Å²) in [6.07, 6.45) is 3.97. The average molecular weight is 438 g/mol. The van der Waals surface area contributed by atoms with Crippen molar-refractivity contribution in [3.8, 4) is 0 Å². The smallest absolute Gasteiger partial charge is 0.312 e. The maximum atomic E-state index is 12.8. The van der Waals surface area contributed by atoms with Gasteiger partial charge in [-0.25, -0.2) is 9.97 Å². The van der Waals surface area contributed by atoms with Crippen molar-refractivity contribution < 1.29 is 19.4 Å². The fourth-order valence-corrected chi connectivity index (χ4v) is 4.62. The lowest BCUT2D eigenvalue weighted by molar-refractivity contribution is -0.150. The summed E-state index contributed by atoms with van der Waals surface area (Å²) < 4.78 is 7.88. The van der Waals surface area contributed by atoms with Gasteiger partial charge in [-0.2, -0.15) is 4.98 Å². The number of carbonyl (C=O) groups is 2. The zero-order valence-electron chi connectivity index (χ0n) is 17.8. The molecule has 2 saturated heterocycles. The molecule has 32 heavy (non-hydrogen) atoms. The number of benzene rings is 1. The Hall–Kier alpha value is -3.69. The van der Waals surface area contributed by atoms with Gasteiger partial charge in [0.1, 0.15) is 11.9 Å². The molecule has 2 aliphatic heterocycles. The number of cyclic esters (lactones) is 1. The van der Waals surface area contributed by atoms with Gasteiger partial charge < -0.3 is 25.0 Å². The molecule has 0 saturated carbocycles. The molecule has 0 bridgehead atoms. The summed E-state index contributed by atoms with van der Waals surface area (Å²) in [4.78, 5) is 36.3. The lowest BCUT2D eigenvalue weighted by Crippen LogP contribution is -2.43. The van der Waals surface area contributed by atoms with Crippen LogP contribution in [0, 0.1) is 12.3 Å². The number of carbonyl (C=O) groups excluding carboxylic acids is 1. The van der Waals surface area contributed by atoms with E-state index in [1.54, 1.807) is 0 Å². The zero-order valence-corrected chi connectivity index (χ0v) is 17.8. The number of aryl methyl sites for hydroxylation is 1. The topological polar surface area (TPSA) is 136 Å². The molecule has 2 aromatic heterocycles. The fourth-order valence-electron chi connectivity index (χ4n) is 4.62. The first-order valence-corrected chi connectivity index (χ1v) is 10.5. The molecule has 2 aliphatic rings. The van der Waals surface area contributed by atoms with Crippen LogP contribution in [0.1, 0.15) is 25.0 Å². The third-order valence-corrected chi connectivity index (χ3v) is 6.16. The summed E-state index contributed by atoms with van der Waals surface area (Å²) in [7, 11) is 0. The maximum absolute atomic E-state index is 12.8. The average Bonchev–Trinajstić information content (AvgIpc) is 3.30. The second-order valence-corrected chi connectivity index (χ2v) is 8.22. The standard InChI is InChI=1S/C21H24N6O2.CH2O2/c1-14-10-18(25-20(22)24-14)26-8-6-21(7-9-26)11-15(29-19(21)28)12-27-13-23-16-4-2-3-5-17(16)27;2-1-3/h2-5,10,13,15H,6-9,11-12H2,1H3,(H2,22,24,25);1H,(H,2,3). The number of nitrogen functional groups attached to an aromatic ring is 1. The van der Waals surface area contributed by atoms with Crippen LogP contribution in [0.5, 0.6) is 0 Å². The van der Waals surface area contributed by atoms with E-state index < -0.39 is 5.41 Å². The number of hydrogen-bond acceptors (Lipinski definition) is 8. The first-order chi connectivity index (χ1) is 15.4. The minimum absolute atomic E-state index is 0.0649. The van der Waals surface area contributed by atoms with Crippen molar-refractivity contribution in [1.82, 2.24) is 19.5 Å². The SMILES string of the molecule is Cc1cc(N2CCC3(CC2)CC(Cn2cnc4ccccc42)OC3=O)nc(N)n1.O=CO. The number of anilines is 2. The Morgan fingerprint density at radius 3 is 2.72 bits per heavy atom. The Morgan fingerprint density at radius 1 is 1.28 bits per heavy atom. The lowest BCUT2D eigenvalue weighted by Gasteiger charge is -2.37. The van der Waals surface area contributed by atoms with Gasteiger partial charge in [0.2, 0.25) is 5.95 Å². The summed E-state index contributed by atoms with van der Waals surface area (Å²) >= 11 is 0. The fraction of sp³-hybridized carbons (Fsp3) is 0.409. The van der Waals surface area contributed by atoms with Gasteiger partial charge in [0, 0.05) is 31.3 Å². The molecule has 1 atom stereocenters. The molecule has 10 heteroatoms. The van der Waals surface area contributed by atoms with Crippen LogP contribution in [0.4, 0.5) is 11.8 Å². The van der Waals surface area contributed by atoms with E-state index >= 15 is 0 Å². The summed E-state index contributed by atoms with van der Waals surface area (Å²) in [6, 6.07) is 9.95. The maximum Gasteiger partial charge on any atom is 0.312 e. The van der Waals surface area contributed by atoms with Crippen LogP contribution in [-0.2, 0) is 20.9 Å². The number of esters is 1. The minimum Gasteiger partial charge on any atom is -0.483 e. The van der Waals surface area contributed by atoms with E-state index in [1.165, 1.54) is 0 Å². The largest absolute Gasteiger partial charge is 0.483 e. The third kappa shape index (κ3) is 4.20. The molecule has 10 nitrogen and oxygen atoms in total. The molecule has 1 unspecified atom stereocenters. The van der Waals surface area contributed by atoms with Gasteiger partial charge in [0.25, 0.3) is 6.47 Å². The molecular formula is C22H26N6O4. The van der Waals surface area contributed by atoms with Crippen LogP contribution in [0.3, 0.4) is 0 Å². The number of rotatable bonds is 3. The number of para-hydroxylation sites is 2. The van der Waals surface area contributed by atoms with Crippen molar-refractivity contribution in [3.05, 3.63) is 42.4 Å². The highest BCUT2D eigenvalue weighted by molar-refractivity contribution is 5.80. The summed E-state index contributed by atoms with van der Waals surface area (Å²) in [5.74, 6) is 1.05. The molecule has 5 rings (SSSR count). The monoisotopic (exact) mass is 438 g/mol. The quantitative estimate of drug-likeness (QED) is 0.465. The molecule has 2 fully saturated rings. The van der Waals surface area contributed by atoms with E-state index in [9.17, 15) is 4.79 Å².